The average Bonchev–Trinajstić information content (AvgIpc) is 2.60. The molecule has 80 valence electrons. The number of aromatic nitrogens is 1. The highest BCUT2D eigenvalue weighted by molar-refractivity contribution is 5.09. The first-order valence-corrected chi connectivity index (χ1v) is 5.19. The van der Waals surface area contributed by atoms with Crippen LogP contribution >= 0.6 is 0 Å². The Balaban J connectivity index is 2.38. The third-order valence-corrected chi connectivity index (χ3v) is 2.35. The van der Waals surface area contributed by atoms with Crippen molar-refractivity contribution in [2.45, 2.75) is 38.8 Å². The molecule has 1 aromatic rings. The molecule has 0 saturated heterocycles. The number of hydrogen-bond donors (Lipinski definition) is 2. The van der Waals surface area contributed by atoms with Crippen LogP contribution in [0.4, 0.5) is 0 Å². The highest BCUT2D eigenvalue weighted by Crippen LogP contribution is 2.13. The van der Waals surface area contributed by atoms with E-state index in [4.69, 9.17) is 5.11 Å². The number of unbranched alkanes of at least 4 members (excludes halogenated alkanes) is 2. The van der Waals surface area contributed by atoms with E-state index in [1.54, 1.807) is 6.92 Å². The predicted molar refractivity (Wildman–Crippen MR) is 56.0 cm³/mol. The van der Waals surface area contributed by atoms with E-state index in [0.717, 1.165) is 31.5 Å². The second kappa shape index (κ2) is 5.83. The minimum absolute atomic E-state index is 0.273. The highest BCUT2D eigenvalue weighted by atomic mass is 16.3. The van der Waals surface area contributed by atoms with E-state index in [1.807, 2.05) is 18.3 Å². The van der Waals surface area contributed by atoms with Gasteiger partial charge in [0, 0.05) is 25.0 Å². The zero-order valence-corrected chi connectivity index (χ0v) is 8.69. The Morgan fingerprint density at radius 2 is 2.14 bits per heavy atom. The molecule has 0 radical (unpaired) electrons. The largest absolute Gasteiger partial charge is 0.396 e. The lowest BCUT2D eigenvalue weighted by Gasteiger charge is -2.10. The summed E-state index contributed by atoms with van der Waals surface area (Å²) in [6.07, 6.45) is 4.54. The van der Waals surface area contributed by atoms with E-state index < -0.39 is 6.10 Å². The van der Waals surface area contributed by atoms with Gasteiger partial charge < -0.3 is 14.8 Å². The summed E-state index contributed by atoms with van der Waals surface area (Å²) in [5, 5.41) is 18.1. The maximum Gasteiger partial charge on any atom is 0.0911 e. The van der Waals surface area contributed by atoms with Crippen molar-refractivity contribution < 1.29 is 10.2 Å². The monoisotopic (exact) mass is 197 g/mol. The molecule has 14 heavy (non-hydrogen) atoms. The fourth-order valence-corrected chi connectivity index (χ4v) is 1.58. The number of nitrogens with zero attached hydrogens (tertiary/aromatic N) is 1. The van der Waals surface area contributed by atoms with Crippen molar-refractivity contribution in [1.29, 1.82) is 0 Å². The SMILES string of the molecule is CC(O)c1cccn1CCCCCO. The summed E-state index contributed by atoms with van der Waals surface area (Å²) in [6, 6.07) is 3.89. The molecule has 3 heteroatoms. The van der Waals surface area contributed by atoms with Crippen LogP contribution in [-0.2, 0) is 6.54 Å². The van der Waals surface area contributed by atoms with Crippen molar-refractivity contribution in [3.05, 3.63) is 24.0 Å². The predicted octanol–water partition coefficient (Wildman–Crippen LogP) is 1.70. The molecule has 0 bridgehead atoms. The molecule has 0 aliphatic carbocycles. The van der Waals surface area contributed by atoms with Crippen LogP contribution in [0.1, 0.15) is 38.0 Å². The third kappa shape index (κ3) is 3.16. The Morgan fingerprint density at radius 1 is 1.36 bits per heavy atom. The quantitative estimate of drug-likeness (QED) is 0.682. The Hall–Kier alpha value is -0.800. The molecule has 2 N–H and O–H groups in total. The van der Waals surface area contributed by atoms with E-state index in [0.29, 0.717) is 0 Å². The first-order valence-electron chi connectivity index (χ1n) is 5.19. The molecule has 1 heterocycles. The Labute approximate surface area is 85.0 Å². The number of aliphatic hydroxyl groups is 2. The fourth-order valence-electron chi connectivity index (χ4n) is 1.58. The smallest absolute Gasteiger partial charge is 0.0911 e. The van der Waals surface area contributed by atoms with Crippen molar-refractivity contribution in [3.8, 4) is 0 Å². The van der Waals surface area contributed by atoms with Crippen molar-refractivity contribution in [1.82, 2.24) is 4.57 Å². The van der Waals surface area contributed by atoms with E-state index in [1.165, 1.54) is 0 Å². The summed E-state index contributed by atoms with van der Waals surface area (Å²) in [5.41, 5.74) is 0.967. The van der Waals surface area contributed by atoms with E-state index in [-0.39, 0.29) is 6.61 Å². The van der Waals surface area contributed by atoms with Gasteiger partial charge in [-0.25, -0.2) is 0 Å². The lowest BCUT2D eigenvalue weighted by molar-refractivity contribution is 0.188. The second-order valence-electron chi connectivity index (χ2n) is 3.59. The molecule has 1 rings (SSSR count). The minimum atomic E-state index is -0.400. The van der Waals surface area contributed by atoms with Gasteiger partial charge in [-0.3, -0.25) is 0 Å². The minimum Gasteiger partial charge on any atom is -0.396 e. The van der Waals surface area contributed by atoms with Gasteiger partial charge in [-0.1, -0.05) is 0 Å². The van der Waals surface area contributed by atoms with Gasteiger partial charge in [-0.05, 0) is 38.3 Å². The maximum atomic E-state index is 9.44. The van der Waals surface area contributed by atoms with Crippen LogP contribution in [0.5, 0.6) is 0 Å². The van der Waals surface area contributed by atoms with Crippen LogP contribution in [0.2, 0.25) is 0 Å². The molecule has 1 atom stereocenters. The molecular weight excluding hydrogens is 178 g/mol. The first-order chi connectivity index (χ1) is 6.75. The van der Waals surface area contributed by atoms with E-state index in [9.17, 15) is 5.11 Å². The molecule has 1 unspecified atom stereocenters. The first kappa shape index (κ1) is 11.3. The summed E-state index contributed by atoms with van der Waals surface area (Å²) >= 11 is 0. The van der Waals surface area contributed by atoms with Gasteiger partial charge in [0.25, 0.3) is 0 Å². The zero-order valence-electron chi connectivity index (χ0n) is 8.69. The van der Waals surface area contributed by atoms with Crippen molar-refractivity contribution in [2.75, 3.05) is 6.61 Å². The summed E-state index contributed by atoms with van der Waals surface area (Å²) in [6.45, 7) is 2.97. The van der Waals surface area contributed by atoms with Crippen LogP contribution in [0.15, 0.2) is 18.3 Å². The van der Waals surface area contributed by atoms with Crippen LogP contribution in [-0.4, -0.2) is 21.4 Å². The molecule has 0 fully saturated rings. The molecule has 0 amide bonds. The molecular formula is C11H19NO2. The van der Waals surface area contributed by atoms with Gasteiger partial charge in [0.2, 0.25) is 0 Å². The lowest BCUT2D eigenvalue weighted by Crippen LogP contribution is -2.04. The van der Waals surface area contributed by atoms with Gasteiger partial charge in [-0.15, -0.1) is 0 Å². The fraction of sp³-hybridized carbons (Fsp3) is 0.636. The van der Waals surface area contributed by atoms with Gasteiger partial charge in [0.1, 0.15) is 0 Å². The molecule has 0 aliphatic rings. The number of aryl methyl sites for hydroxylation is 1. The molecule has 0 aliphatic heterocycles. The summed E-state index contributed by atoms with van der Waals surface area (Å²) < 4.78 is 2.07. The molecule has 0 saturated carbocycles. The average molecular weight is 197 g/mol. The van der Waals surface area contributed by atoms with Gasteiger partial charge in [-0.2, -0.15) is 0 Å². The summed E-state index contributed by atoms with van der Waals surface area (Å²) in [7, 11) is 0. The summed E-state index contributed by atoms with van der Waals surface area (Å²) in [5.74, 6) is 0. The lowest BCUT2D eigenvalue weighted by atomic mass is 10.2. The Morgan fingerprint density at radius 3 is 2.79 bits per heavy atom. The molecule has 0 spiro atoms. The van der Waals surface area contributed by atoms with Crippen LogP contribution in [0.3, 0.4) is 0 Å². The van der Waals surface area contributed by atoms with Crippen LogP contribution < -0.4 is 0 Å². The molecule has 3 nitrogen and oxygen atoms in total. The maximum absolute atomic E-state index is 9.44. The van der Waals surface area contributed by atoms with Gasteiger partial charge in [0.05, 0.1) is 6.10 Å². The normalized spacial score (nSPS) is 13.1. The van der Waals surface area contributed by atoms with Gasteiger partial charge >= 0.3 is 0 Å². The van der Waals surface area contributed by atoms with Gasteiger partial charge in [0.15, 0.2) is 0 Å². The summed E-state index contributed by atoms with van der Waals surface area (Å²) in [4.78, 5) is 0. The molecule has 0 aromatic carbocycles. The third-order valence-electron chi connectivity index (χ3n) is 2.35. The number of hydrogen-bond acceptors (Lipinski definition) is 2. The second-order valence-corrected chi connectivity index (χ2v) is 3.59. The van der Waals surface area contributed by atoms with E-state index >= 15 is 0 Å². The molecule has 1 aromatic heterocycles. The van der Waals surface area contributed by atoms with Crippen molar-refractivity contribution in [3.63, 3.8) is 0 Å². The van der Waals surface area contributed by atoms with E-state index in [2.05, 4.69) is 4.57 Å². The zero-order chi connectivity index (χ0) is 10.4. The Bertz CT molecular complexity index is 256. The topological polar surface area (TPSA) is 45.4 Å². The van der Waals surface area contributed by atoms with Crippen LogP contribution in [0.25, 0.3) is 0 Å². The Kier molecular flexibility index (Phi) is 4.70. The number of rotatable bonds is 6. The van der Waals surface area contributed by atoms with Crippen molar-refractivity contribution >= 4 is 0 Å². The van der Waals surface area contributed by atoms with Crippen LogP contribution in [0, 0.1) is 0 Å². The standard InChI is InChI=1S/C11H19NO2/c1-10(14)11-6-5-8-12(11)7-3-2-4-9-13/h5-6,8,10,13-14H,2-4,7,9H2,1H3. The van der Waals surface area contributed by atoms with Crippen molar-refractivity contribution in [2.24, 2.45) is 0 Å². The number of aliphatic hydroxyl groups excluding tert-OH is 2. The highest BCUT2D eigenvalue weighted by Gasteiger charge is 2.05.